The Morgan fingerprint density at radius 2 is 2.23 bits per heavy atom. The summed E-state index contributed by atoms with van der Waals surface area (Å²) in [5, 5.41) is 9.83. The molecule has 1 heteroatoms. The fourth-order valence-corrected chi connectivity index (χ4v) is 1.94. The van der Waals surface area contributed by atoms with Gasteiger partial charge in [-0.1, -0.05) is 32.3 Å². The first-order chi connectivity index (χ1) is 6.34. The summed E-state index contributed by atoms with van der Waals surface area (Å²) in [6.07, 6.45) is 11.7. The summed E-state index contributed by atoms with van der Waals surface area (Å²) in [6.45, 7) is 2.20. The minimum atomic E-state index is -0.133. The Kier molecular flexibility index (Phi) is 5.14. The maximum Gasteiger partial charge on any atom is 0.0750 e. The minimum absolute atomic E-state index is 0.133. The fraction of sp³-hybridized carbons (Fsp3) is 0.833. The van der Waals surface area contributed by atoms with Crippen molar-refractivity contribution in [3.8, 4) is 0 Å². The van der Waals surface area contributed by atoms with Crippen molar-refractivity contribution in [3.63, 3.8) is 0 Å². The van der Waals surface area contributed by atoms with Gasteiger partial charge in [-0.15, -0.1) is 0 Å². The van der Waals surface area contributed by atoms with E-state index in [2.05, 4.69) is 13.0 Å². The molecule has 1 aliphatic carbocycles. The van der Waals surface area contributed by atoms with Crippen molar-refractivity contribution in [1.82, 2.24) is 0 Å². The topological polar surface area (TPSA) is 20.2 Å². The second-order valence-electron chi connectivity index (χ2n) is 4.04. The highest BCUT2D eigenvalue weighted by molar-refractivity contribution is 5.10. The summed E-state index contributed by atoms with van der Waals surface area (Å²) in [5.74, 6) is 0. The molecule has 0 spiro atoms. The van der Waals surface area contributed by atoms with Gasteiger partial charge in [-0.05, 0) is 37.7 Å². The van der Waals surface area contributed by atoms with Crippen LogP contribution >= 0.6 is 0 Å². The lowest BCUT2D eigenvalue weighted by Crippen LogP contribution is -2.12. The molecule has 76 valence electrons. The Hall–Kier alpha value is -0.300. The van der Waals surface area contributed by atoms with Crippen molar-refractivity contribution in [1.29, 1.82) is 0 Å². The van der Waals surface area contributed by atoms with Crippen molar-refractivity contribution >= 4 is 0 Å². The lowest BCUT2D eigenvalue weighted by Gasteiger charge is -2.18. The summed E-state index contributed by atoms with van der Waals surface area (Å²) in [5.41, 5.74) is 1.31. The van der Waals surface area contributed by atoms with Gasteiger partial charge in [0.15, 0.2) is 0 Å². The molecule has 0 radical (unpaired) electrons. The molecule has 0 aromatic rings. The number of rotatable bonds is 5. The predicted molar refractivity (Wildman–Crippen MR) is 56.7 cm³/mol. The maximum absolute atomic E-state index is 9.83. The lowest BCUT2D eigenvalue weighted by atomic mass is 9.93. The zero-order chi connectivity index (χ0) is 9.52. The Labute approximate surface area is 81.9 Å². The second kappa shape index (κ2) is 6.20. The maximum atomic E-state index is 9.83. The third kappa shape index (κ3) is 3.95. The minimum Gasteiger partial charge on any atom is -0.389 e. The van der Waals surface area contributed by atoms with Crippen LogP contribution in [0.1, 0.15) is 58.3 Å². The molecule has 0 aliphatic heterocycles. The third-order valence-corrected chi connectivity index (χ3v) is 2.84. The van der Waals surface area contributed by atoms with Crippen LogP contribution in [-0.4, -0.2) is 11.2 Å². The summed E-state index contributed by atoms with van der Waals surface area (Å²) in [6, 6.07) is 0. The van der Waals surface area contributed by atoms with Crippen LogP contribution in [0.5, 0.6) is 0 Å². The summed E-state index contributed by atoms with van der Waals surface area (Å²) in [7, 11) is 0. The molecule has 1 atom stereocenters. The van der Waals surface area contributed by atoms with Crippen LogP contribution in [0, 0.1) is 0 Å². The van der Waals surface area contributed by atoms with Gasteiger partial charge >= 0.3 is 0 Å². The Balaban J connectivity index is 2.21. The third-order valence-electron chi connectivity index (χ3n) is 2.84. The fourth-order valence-electron chi connectivity index (χ4n) is 1.94. The molecule has 0 saturated heterocycles. The summed E-state index contributed by atoms with van der Waals surface area (Å²) < 4.78 is 0. The molecule has 0 aromatic carbocycles. The molecule has 13 heavy (non-hydrogen) atoms. The molecule has 0 heterocycles. The van der Waals surface area contributed by atoms with E-state index >= 15 is 0 Å². The molecule has 1 aliphatic rings. The van der Waals surface area contributed by atoms with Crippen LogP contribution in [0.2, 0.25) is 0 Å². The van der Waals surface area contributed by atoms with Crippen LogP contribution in [0.3, 0.4) is 0 Å². The van der Waals surface area contributed by atoms with Crippen molar-refractivity contribution in [2.24, 2.45) is 0 Å². The van der Waals surface area contributed by atoms with E-state index in [-0.39, 0.29) is 6.10 Å². The van der Waals surface area contributed by atoms with Crippen molar-refractivity contribution in [2.45, 2.75) is 64.4 Å². The van der Waals surface area contributed by atoms with E-state index in [4.69, 9.17) is 0 Å². The van der Waals surface area contributed by atoms with E-state index in [0.29, 0.717) is 0 Å². The van der Waals surface area contributed by atoms with Gasteiger partial charge in [0.2, 0.25) is 0 Å². The quantitative estimate of drug-likeness (QED) is 0.510. The van der Waals surface area contributed by atoms with Gasteiger partial charge in [0.25, 0.3) is 0 Å². The molecule has 1 N–H and O–H groups in total. The number of allylic oxidation sites excluding steroid dienone is 1. The number of unbranched alkanes of at least 4 members (excludes halogenated alkanes) is 2. The smallest absolute Gasteiger partial charge is 0.0750 e. The van der Waals surface area contributed by atoms with Gasteiger partial charge in [0, 0.05) is 0 Å². The second-order valence-corrected chi connectivity index (χ2v) is 4.04. The van der Waals surface area contributed by atoms with Crippen molar-refractivity contribution in [3.05, 3.63) is 11.6 Å². The van der Waals surface area contributed by atoms with Gasteiger partial charge < -0.3 is 5.11 Å². The van der Waals surface area contributed by atoms with Gasteiger partial charge in [-0.25, -0.2) is 0 Å². The number of aliphatic hydroxyl groups excluding tert-OH is 1. The molecule has 0 bridgehead atoms. The van der Waals surface area contributed by atoms with E-state index < -0.39 is 0 Å². The van der Waals surface area contributed by atoms with Gasteiger partial charge in [0.1, 0.15) is 0 Å². The Bertz CT molecular complexity index is 161. The van der Waals surface area contributed by atoms with Crippen LogP contribution in [0.25, 0.3) is 0 Å². The average molecular weight is 182 g/mol. The predicted octanol–water partition coefficient (Wildman–Crippen LogP) is 3.43. The number of hydrogen-bond donors (Lipinski definition) is 1. The van der Waals surface area contributed by atoms with Gasteiger partial charge in [-0.3, -0.25) is 0 Å². The molecule has 0 saturated carbocycles. The molecule has 0 fully saturated rings. The molecule has 1 unspecified atom stereocenters. The van der Waals surface area contributed by atoms with Crippen LogP contribution in [0.4, 0.5) is 0 Å². The van der Waals surface area contributed by atoms with E-state index in [9.17, 15) is 5.11 Å². The molecular formula is C12H22O. The molecule has 1 rings (SSSR count). The standard InChI is InChI=1S/C12H22O/c1-2-3-5-10-12(13)11-8-6-4-7-9-11/h8,12-13H,2-7,9-10H2,1H3. The first-order valence-corrected chi connectivity index (χ1v) is 5.71. The molecule has 1 nitrogen and oxygen atoms in total. The van der Waals surface area contributed by atoms with Crippen LogP contribution in [-0.2, 0) is 0 Å². The van der Waals surface area contributed by atoms with Crippen LogP contribution in [0.15, 0.2) is 11.6 Å². The highest BCUT2D eigenvalue weighted by atomic mass is 16.3. The Morgan fingerprint density at radius 3 is 2.85 bits per heavy atom. The normalized spacial score (nSPS) is 19.7. The monoisotopic (exact) mass is 182 g/mol. The van der Waals surface area contributed by atoms with E-state index in [1.165, 1.54) is 44.1 Å². The lowest BCUT2D eigenvalue weighted by molar-refractivity contribution is 0.189. The average Bonchev–Trinajstić information content (AvgIpc) is 2.19. The summed E-state index contributed by atoms with van der Waals surface area (Å²) >= 11 is 0. The largest absolute Gasteiger partial charge is 0.389 e. The van der Waals surface area contributed by atoms with E-state index in [0.717, 1.165) is 12.8 Å². The number of aliphatic hydroxyl groups is 1. The first kappa shape index (κ1) is 10.8. The highest BCUT2D eigenvalue weighted by Gasteiger charge is 2.12. The van der Waals surface area contributed by atoms with Crippen molar-refractivity contribution < 1.29 is 5.11 Å². The summed E-state index contributed by atoms with van der Waals surface area (Å²) in [4.78, 5) is 0. The van der Waals surface area contributed by atoms with E-state index in [1.54, 1.807) is 0 Å². The van der Waals surface area contributed by atoms with Crippen LogP contribution < -0.4 is 0 Å². The van der Waals surface area contributed by atoms with Crippen molar-refractivity contribution in [2.75, 3.05) is 0 Å². The van der Waals surface area contributed by atoms with Gasteiger partial charge in [0.05, 0.1) is 6.10 Å². The molecule has 0 amide bonds. The SMILES string of the molecule is CCCCCC(O)C1=CCCCC1. The number of hydrogen-bond acceptors (Lipinski definition) is 1. The Morgan fingerprint density at radius 1 is 1.38 bits per heavy atom. The van der Waals surface area contributed by atoms with Gasteiger partial charge in [-0.2, -0.15) is 0 Å². The molecule has 0 aromatic heterocycles. The molecular weight excluding hydrogens is 160 g/mol. The highest BCUT2D eigenvalue weighted by Crippen LogP contribution is 2.22. The zero-order valence-corrected chi connectivity index (χ0v) is 8.76. The van der Waals surface area contributed by atoms with E-state index in [1.807, 2.05) is 0 Å². The zero-order valence-electron chi connectivity index (χ0n) is 8.76. The first-order valence-electron chi connectivity index (χ1n) is 5.71.